The lowest BCUT2D eigenvalue weighted by atomic mass is 9.94. The average molecular weight is 254 g/mol. The van der Waals surface area contributed by atoms with Crippen molar-refractivity contribution in [2.24, 2.45) is 4.99 Å². The molecule has 0 spiro atoms. The van der Waals surface area contributed by atoms with Crippen molar-refractivity contribution in [3.8, 4) is 0 Å². The number of guanidine groups is 1. The maximum absolute atomic E-state index is 4.21. The minimum atomic E-state index is 0.423. The molecule has 0 radical (unpaired) electrons. The molecule has 0 amide bonds. The van der Waals surface area contributed by atoms with Gasteiger partial charge >= 0.3 is 0 Å². The van der Waals surface area contributed by atoms with E-state index in [9.17, 15) is 0 Å². The van der Waals surface area contributed by atoms with Gasteiger partial charge in [-0.05, 0) is 33.7 Å². The molecule has 2 N–H and O–H groups in total. The predicted molar refractivity (Wildman–Crippen MR) is 79.1 cm³/mol. The predicted octanol–water partition coefficient (Wildman–Crippen LogP) is 1.82. The number of hydrogen-bond donors (Lipinski definition) is 2. The van der Waals surface area contributed by atoms with Gasteiger partial charge in [0.05, 0.1) is 0 Å². The Hall–Kier alpha value is -0.770. The summed E-state index contributed by atoms with van der Waals surface area (Å²) in [5.74, 6) is 0.905. The molecule has 0 aromatic rings. The molecule has 1 aliphatic rings. The Morgan fingerprint density at radius 2 is 1.94 bits per heavy atom. The first-order chi connectivity index (χ1) is 8.63. The van der Waals surface area contributed by atoms with Gasteiger partial charge in [0.2, 0.25) is 0 Å². The van der Waals surface area contributed by atoms with Crippen LogP contribution in [-0.2, 0) is 0 Å². The lowest BCUT2D eigenvalue weighted by Gasteiger charge is -2.31. The van der Waals surface area contributed by atoms with E-state index in [0.29, 0.717) is 6.04 Å². The summed E-state index contributed by atoms with van der Waals surface area (Å²) in [6, 6.07) is 1.22. The molecule has 1 fully saturated rings. The maximum Gasteiger partial charge on any atom is 0.191 e. The highest BCUT2D eigenvalue weighted by atomic mass is 15.2. The van der Waals surface area contributed by atoms with Crippen LogP contribution in [0.2, 0.25) is 0 Å². The molecule has 4 nitrogen and oxygen atoms in total. The summed E-state index contributed by atoms with van der Waals surface area (Å²) in [4.78, 5) is 6.71. The minimum absolute atomic E-state index is 0.423. The summed E-state index contributed by atoms with van der Waals surface area (Å²) >= 11 is 0. The van der Waals surface area contributed by atoms with Crippen LogP contribution in [0.15, 0.2) is 4.99 Å². The Bertz CT molecular complexity index is 244. The van der Waals surface area contributed by atoms with Crippen LogP contribution in [0.5, 0.6) is 0 Å². The molecule has 0 aliphatic heterocycles. The highest BCUT2D eigenvalue weighted by molar-refractivity contribution is 5.79. The molecule has 0 unspecified atom stereocenters. The number of hydrogen-bond acceptors (Lipinski definition) is 2. The van der Waals surface area contributed by atoms with Crippen LogP contribution in [0.25, 0.3) is 0 Å². The van der Waals surface area contributed by atoms with E-state index < -0.39 is 0 Å². The van der Waals surface area contributed by atoms with E-state index in [0.717, 1.165) is 25.1 Å². The van der Waals surface area contributed by atoms with Gasteiger partial charge in [0.25, 0.3) is 0 Å². The van der Waals surface area contributed by atoms with Gasteiger partial charge in [0.15, 0.2) is 5.96 Å². The van der Waals surface area contributed by atoms with Crippen LogP contribution in [0.3, 0.4) is 0 Å². The Morgan fingerprint density at radius 1 is 1.28 bits per heavy atom. The number of nitrogens with zero attached hydrogens (tertiary/aromatic N) is 2. The molecular weight excluding hydrogens is 224 g/mol. The highest BCUT2D eigenvalue weighted by Crippen LogP contribution is 2.21. The van der Waals surface area contributed by atoms with Crippen molar-refractivity contribution in [2.75, 3.05) is 27.2 Å². The van der Waals surface area contributed by atoms with Crippen molar-refractivity contribution in [1.82, 2.24) is 15.5 Å². The SMILES string of the molecule is CN=C(NCCN(C)C1CCCCC1)NC(C)C. The lowest BCUT2D eigenvalue weighted by molar-refractivity contribution is 0.194. The summed E-state index contributed by atoms with van der Waals surface area (Å²) < 4.78 is 0. The van der Waals surface area contributed by atoms with E-state index >= 15 is 0 Å². The van der Waals surface area contributed by atoms with Crippen molar-refractivity contribution < 1.29 is 0 Å². The topological polar surface area (TPSA) is 39.7 Å². The summed E-state index contributed by atoms with van der Waals surface area (Å²) in [6.45, 7) is 6.30. The van der Waals surface area contributed by atoms with Crippen LogP contribution in [-0.4, -0.2) is 50.1 Å². The lowest BCUT2D eigenvalue weighted by Crippen LogP contribution is -2.45. The van der Waals surface area contributed by atoms with E-state index in [1.165, 1.54) is 32.1 Å². The van der Waals surface area contributed by atoms with E-state index in [2.05, 4.69) is 41.4 Å². The van der Waals surface area contributed by atoms with E-state index in [-0.39, 0.29) is 0 Å². The van der Waals surface area contributed by atoms with Gasteiger partial charge in [-0.2, -0.15) is 0 Å². The average Bonchev–Trinajstić information content (AvgIpc) is 2.38. The van der Waals surface area contributed by atoms with Gasteiger partial charge in [0, 0.05) is 32.2 Å². The Kier molecular flexibility index (Phi) is 7.09. The molecule has 1 saturated carbocycles. The van der Waals surface area contributed by atoms with Crippen molar-refractivity contribution >= 4 is 5.96 Å². The molecule has 0 heterocycles. The van der Waals surface area contributed by atoms with Crippen LogP contribution in [0, 0.1) is 0 Å². The Balaban J connectivity index is 2.19. The maximum atomic E-state index is 4.21. The second kappa shape index (κ2) is 8.35. The Labute approximate surface area is 112 Å². The molecule has 0 atom stereocenters. The molecule has 0 aromatic carbocycles. The van der Waals surface area contributed by atoms with Crippen LogP contribution in [0.4, 0.5) is 0 Å². The molecule has 0 aromatic heterocycles. The molecule has 1 rings (SSSR count). The zero-order valence-electron chi connectivity index (χ0n) is 12.5. The quantitative estimate of drug-likeness (QED) is 0.581. The van der Waals surface area contributed by atoms with E-state index in [4.69, 9.17) is 0 Å². The first-order valence-electron chi connectivity index (χ1n) is 7.31. The summed E-state index contributed by atoms with van der Waals surface area (Å²) in [5.41, 5.74) is 0. The smallest absolute Gasteiger partial charge is 0.191 e. The number of nitrogens with one attached hydrogen (secondary N) is 2. The molecule has 0 bridgehead atoms. The first-order valence-corrected chi connectivity index (χ1v) is 7.31. The van der Waals surface area contributed by atoms with Gasteiger partial charge in [0.1, 0.15) is 0 Å². The molecule has 4 heteroatoms. The standard InChI is InChI=1S/C14H30N4/c1-12(2)17-14(15-3)16-10-11-18(4)13-8-6-5-7-9-13/h12-13H,5-11H2,1-4H3,(H2,15,16,17). The fourth-order valence-electron chi connectivity index (χ4n) is 2.52. The molecule has 0 saturated heterocycles. The molecule has 106 valence electrons. The van der Waals surface area contributed by atoms with Gasteiger partial charge < -0.3 is 15.5 Å². The van der Waals surface area contributed by atoms with Crippen LogP contribution >= 0.6 is 0 Å². The van der Waals surface area contributed by atoms with Crippen molar-refractivity contribution in [3.05, 3.63) is 0 Å². The van der Waals surface area contributed by atoms with Gasteiger partial charge in [-0.25, -0.2) is 0 Å². The zero-order chi connectivity index (χ0) is 13.4. The minimum Gasteiger partial charge on any atom is -0.355 e. The first kappa shape index (κ1) is 15.3. The molecule has 1 aliphatic carbocycles. The fraction of sp³-hybridized carbons (Fsp3) is 0.929. The van der Waals surface area contributed by atoms with E-state index in [1.807, 2.05) is 7.05 Å². The normalized spacial score (nSPS) is 18.4. The van der Waals surface area contributed by atoms with Gasteiger partial charge in [-0.3, -0.25) is 4.99 Å². The third-order valence-electron chi connectivity index (χ3n) is 3.60. The Morgan fingerprint density at radius 3 is 2.50 bits per heavy atom. The monoisotopic (exact) mass is 254 g/mol. The summed E-state index contributed by atoms with van der Waals surface area (Å²) in [6.07, 6.45) is 6.97. The molecule has 18 heavy (non-hydrogen) atoms. The van der Waals surface area contributed by atoms with Crippen molar-refractivity contribution in [3.63, 3.8) is 0 Å². The second-order valence-corrected chi connectivity index (χ2v) is 5.57. The van der Waals surface area contributed by atoms with E-state index in [1.54, 1.807) is 0 Å². The third kappa shape index (κ3) is 5.71. The van der Waals surface area contributed by atoms with Crippen LogP contribution < -0.4 is 10.6 Å². The van der Waals surface area contributed by atoms with Crippen LogP contribution in [0.1, 0.15) is 46.0 Å². The number of rotatable bonds is 5. The zero-order valence-corrected chi connectivity index (χ0v) is 12.5. The van der Waals surface area contributed by atoms with Gasteiger partial charge in [-0.15, -0.1) is 0 Å². The van der Waals surface area contributed by atoms with Crippen molar-refractivity contribution in [1.29, 1.82) is 0 Å². The van der Waals surface area contributed by atoms with Crippen molar-refractivity contribution in [2.45, 2.75) is 58.0 Å². The number of likely N-dealkylation sites (N-methyl/N-ethyl adjacent to an activating group) is 1. The molecular formula is C14H30N4. The fourth-order valence-corrected chi connectivity index (χ4v) is 2.52. The second-order valence-electron chi connectivity index (χ2n) is 5.57. The summed E-state index contributed by atoms with van der Waals surface area (Å²) in [5, 5.41) is 6.67. The number of aliphatic imine (C=N–C) groups is 1. The summed E-state index contributed by atoms with van der Waals surface area (Å²) in [7, 11) is 4.07. The highest BCUT2D eigenvalue weighted by Gasteiger charge is 2.17. The van der Waals surface area contributed by atoms with Gasteiger partial charge in [-0.1, -0.05) is 19.3 Å². The third-order valence-corrected chi connectivity index (χ3v) is 3.60. The largest absolute Gasteiger partial charge is 0.355 e.